The molecule has 5 nitrogen and oxygen atoms in total. The summed E-state index contributed by atoms with van der Waals surface area (Å²) in [6, 6.07) is 7.20. The molecule has 0 fully saturated rings. The quantitative estimate of drug-likeness (QED) is 0.494. The van der Waals surface area contributed by atoms with Crippen molar-refractivity contribution in [2.45, 2.75) is 32.3 Å². The first-order valence-electron chi connectivity index (χ1n) is 6.36. The molecule has 19 heavy (non-hydrogen) atoms. The summed E-state index contributed by atoms with van der Waals surface area (Å²) in [5.41, 5.74) is 0.0188. The largest absolute Gasteiger partial charge is 0.411 e. The summed E-state index contributed by atoms with van der Waals surface area (Å²) in [4.78, 5) is 14.1. The molecule has 0 radical (unpaired) electrons. The first kappa shape index (κ1) is 13.5. The molecule has 0 spiro atoms. The number of carbonyl (C=O) groups is 1. The molecular formula is C14H18N2O3. The average molecular weight is 262 g/mol. The molecule has 1 amide bonds. The van der Waals surface area contributed by atoms with E-state index >= 15 is 0 Å². The lowest BCUT2D eigenvalue weighted by atomic mass is 9.90. The summed E-state index contributed by atoms with van der Waals surface area (Å²) in [7, 11) is 0. The lowest BCUT2D eigenvalue weighted by molar-refractivity contribution is -0.135. The Kier molecular flexibility index (Phi) is 3.57. The number of anilines is 1. The number of amides is 1. The maximum absolute atomic E-state index is 12.5. The smallest absolute Gasteiger partial charge is 0.264 e. The third kappa shape index (κ3) is 2.10. The van der Waals surface area contributed by atoms with Gasteiger partial charge in [0.25, 0.3) is 5.91 Å². The topological polar surface area (TPSA) is 73.1 Å². The van der Waals surface area contributed by atoms with Crippen molar-refractivity contribution in [3.8, 4) is 0 Å². The van der Waals surface area contributed by atoms with Crippen molar-refractivity contribution in [3.63, 3.8) is 0 Å². The number of hydrogen-bond donors (Lipinski definition) is 2. The van der Waals surface area contributed by atoms with Gasteiger partial charge < -0.3 is 15.2 Å². The van der Waals surface area contributed by atoms with Gasteiger partial charge in [-0.3, -0.25) is 4.79 Å². The van der Waals surface area contributed by atoms with Gasteiger partial charge >= 0.3 is 0 Å². The molecule has 0 bridgehead atoms. The van der Waals surface area contributed by atoms with Crippen molar-refractivity contribution < 1.29 is 15.1 Å². The second kappa shape index (κ2) is 5.01. The van der Waals surface area contributed by atoms with Crippen LogP contribution in [0.3, 0.4) is 0 Å². The van der Waals surface area contributed by atoms with Crippen molar-refractivity contribution in [2.24, 2.45) is 5.16 Å². The van der Waals surface area contributed by atoms with Crippen LogP contribution in [0.2, 0.25) is 0 Å². The van der Waals surface area contributed by atoms with E-state index in [1.165, 1.54) is 0 Å². The summed E-state index contributed by atoms with van der Waals surface area (Å²) in [5, 5.41) is 22.6. The van der Waals surface area contributed by atoms with Gasteiger partial charge in [0.2, 0.25) is 0 Å². The number of carbonyl (C=O) groups excluding carboxylic acids is 1. The second-order valence-corrected chi connectivity index (χ2v) is 4.85. The molecule has 5 heteroatoms. The highest BCUT2D eigenvalue weighted by molar-refractivity contribution is 6.09. The molecule has 1 heterocycles. The fourth-order valence-electron chi connectivity index (χ4n) is 2.53. The molecule has 2 N–H and O–H groups in total. The van der Waals surface area contributed by atoms with Crippen LogP contribution in [-0.4, -0.2) is 28.5 Å². The van der Waals surface area contributed by atoms with Crippen molar-refractivity contribution in [3.05, 3.63) is 29.8 Å². The van der Waals surface area contributed by atoms with Gasteiger partial charge in [0.15, 0.2) is 5.60 Å². The van der Waals surface area contributed by atoms with Gasteiger partial charge in [-0.05, 0) is 19.4 Å². The molecule has 0 aromatic heterocycles. The van der Waals surface area contributed by atoms with Crippen LogP contribution in [0, 0.1) is 0 Å². The number of oxime groups is 1. The number of benzene rings is 1. The van der Waals surface area contributed by atoms with E-state index in [9.17, 15) is 9.90 Å². The molecule has 0 aliphatic carbocycles. The Morgan fingerprint density at radius 1 is 1.42 bits per heavy atom. The zero-order valence-electron chi connectivity index (χ0n) is 11.1. The summed E-state index contributed by atoms with van der Waals surface area (Å²) in [6.07, 6.45) is 0.808. The van der Waals surface area contributed by atoms with Crippen LogP contribution in [0.4, 0.5) is 5.69 Å². The van der Waals surface area contributed by atoms with Crippen LogP contribution in [0.5, 0.6) is 0 Å². The molecule has 1 aliphatic rings. The van der Waals surface area contributed by atoms with Crippen molar-refractivity contribution in [1.82, 2.24) is 0 Å². The number of nitrogens with zero attached hydrogens (tertiary/aromatic N) is 2. The van der Waals surface area contributed by atoms with Crippen molar-refractivity contribution >= 4 is 17.3 Å². The SMILES string of the molecule is CCCN1C(=O)[C@@](O)(C/C(C)=N\O)c2ccccc21. The van der Waals surface area contributed by atoms with Gasteiger partial charge in [0.05, 0.1) is 11.4 Å². The van der Waals surface area contributed by atoms with E-state index in [0.29, 0.717) is 17.8 Å². The number of hydrogen-bond acceptors (Lipinski definition) is 4. The Morgan fingerprint density at radius 3 is 2.74 bits per heavy atom. The highest BCUT2D eigenvalue weighted by Gasteiger charge is 2.49. The third-order valence-electron chi connectivity index (χ3n) is 3.37. The highest BCUT2D eigenvalue weighted by atomic mass is 16.4. The Morgan fingerprint density at radius 2 is 2.11 bits per heavy atom. The number of aliphatic hydroxyl groups is 1. The minimum absolute atomic E-state index is 0.000436. The van der Waals surface area contributed by atoms with Crippen LogP contribution in [0.1, 0.15) is 32.3 Å². The van der Waals surface area contributed by atoms with Gasteiger partial charge in [0.1, 0.15) is 0 Å². The monoisotopic (exact) mass is 262 g/mol. The van der Waals surface area contributed by atoms with Crippen LogP contribution in [0.25, 0.3) is 0 Å². The van der Waals surface area contributed by atoms with Gasteiger partial charge in [-0.15, -0.1) is 0 Å². The van der Waals surface area contributed by atoms with E-state index in [1.54, 1.807) is 24.0 Å². The minimum Gasteiger partial charge on any atom is -0.411 e. The Hall–Kier alpha value is -1.88. The molecule has 1 atom stereocenters. The average Bonchev–Trinajstić information content (AvgIpc) is 2.62. The fraction of sp³-hybridized carbons (Fsp3) is 0.429. The molecule has 0 saturated carbocycles. The number of para-hydroxylation sites is 1. The summed E-state index contributed by atoms with van der Waals surface area (Å²) < 4.78 is 0. The van der Waals surface area contributed by atoms with E-state index in [-0.39, 0.29) is 12.3 Å². The van der Waals surface area contributed by atoms with Crippen LogP contribution in [-0.2, 0) is 10.4 Å². The molecule has 1 aromatic carbocycles. The number of rotatable bonds is 4. The standard InChI is InChI=1S/C14H18N2O3/c1-3-8-16-12-7-5-4-6-11(12)14(18,13(16)17)9-10(2)15-19/h4-7,18-19H,3,8-9H2,1-2H3/b15-10-/t14-/m1/s1. The van der Waals surface area contributed by atoms with Crippen LogP contribution < -0.4 is 4.90 Å². The Balaban J connectivity index is 2.48. The molecule has 1 aliphatic heterocycles. The predicted octanol–water partition coefficient (Wildman–Crippen LogP) is 1.87. The normalized spacial score (nSPS) is 22.8. The van der Waals surface area contributed by atoms with Crippen LogP contribution >= 0.6 is 0 Å². The molecule has 1 aromatic rings. The first-order valence-corrected chi connectivity index (χ1v) is 6.36. The molecule has 2 rings (SSSR count). The van der Waals surface area contributed by atoms with Gasteiger partial charge in [0, 0.05) is 18.5 Å². The lowest BCUT2D eigenvalue weighted by Gasteiger charge is -2.22. The summed E-state index contributed by atoms with van der Waals surface area (Å²) in [5.74, 6) is -0.349. The van der Waals surface area contributed by atoms with E-state index in [1.807, 2.05) is 19.1 Å². The zero-order chi connectivity index (χ0) is 14.0. The van der Waals surface area contributed by atoms with Gasteiger partial charge in [-0.25, -0.2) is 0 Å². The summed E-state index contributed by atoms with van der Waals surface area (Å²) in [6.45, 7) is 4.12. The Bertz CT molecular complexity index is 527. The molecule has 102 valence electrons. The molecule has 0 unspecified atom stereocenters. The van der Waals surface area contributed by atoms with E-state index in [0.717, 1.165) is 12.1 Å². The van der Waals surface area contributed by atoms with Crippen molar-refractivity contribution in [1.29, 1.82) is 0 Å². The summed E-state index contributed by atoms with van der Waals surface area (Å²) >= 11 is 0. The van der Waals surface area contributed by atoms with Crippen molar-refractivity contribution in [2.75, 3.05) is 11.4 Å². The highest BCUT2D eigenvalue weighted by Crippen LogP contribution is 2.42. The van der Waals surface area contributed by atoms with E-state index < -0.39 is 5.60 Å². The van der Waals surface area contributed by atoms with E-state index in [2.05, 4.69) is 5.16 Å². The van der Waals surface area contributed by atoms with Gasteiger partial charge in [-0.1, -0.05) is 30.3 Å². The first-order chi connectivity index (χ1) is 9.04. The predicted molar refractivity (Wildman–Crippen MR) is 72.5 cm³/mol. The minimum atomic E-state index is -1.62. The lowest BCUT2D eigenvalue weighted by Crippen LogP contribution is -2.41. The zero-order valence-corrected chi connectivity index (χ0v) is 11.1. The van der Waals surface area contributed by atoms with E-state index in [4.69, 9.17) is 5.21 Å². The van der Waals surface area contributed by atoms with Crippen LogP contribution in [0.15, 0.2) is 29.4 Å². The second-order valence-electron chi connectivity index (χ2n) is 4.85. The Labute approximate surface area is 112 Å². The number of fused-ring (bicyclic) bond motifs is 1. The molecular weight excluding hydrogens is 244 g/mol. The van der Waals surface area contributed by atoms with Gasteiger partial charge in [-0.2, -0.15) is 0 Å². The fourth-order valence-corrected chi connectivity index (χ4v) is 2.53. The maximum atomic E-state index is 12.5. The third-order valence-corrected chi connectivity index (χ3v) is 3.37. The molecule has 0 saturated heterocycles. The maximum Gasteiger partial charge on any atom is 0.264 e.